The number of nitrogens with zero attached hydrogens (tertiary/aromatic N) is 3. The fraction of sp³-hybridized carbons (Fsp3) is 0.273. The third-order valence-electron chi connectivity index (χ3n) is 5.16. The van der Waals surface area contributed by atoms with Crippen LogP contribution in [0.25, 0.3) is 0 Å². The van der Waals surface area contributed by atoms with Crippen LogP contribution in [0.2, 0.25) is 0 Å². The van der Waals surface area contributed by atoms with E-state index in [1.54, 1.807) is 6.20 Å². The predicted octanol–water partition coefficient (Wildman–Crippen LogP) is 3.00. The van der Waals surface area contributed by atoms with Crippen molar-refractivity contribution in [1.82, 2.24) is 15.1 Å². The SMILES string of the molecule is CC(C(=O)NCc1ccc(Cn2cccn2)cc1)N1CCc2ccccc21. The van der Waals surface area contributed by atoms with Gasteiger partial charge in [0, 0.05) is 31.2 Å². The van der Waals surface area contributed by atoms with Gasteiger partial charge < -0.3 is 10.2 Å². The van der Waals surface area contributed by atoms with E-state index in [4.69, 9.17) is 0 Å². The third-order valence-corrected chi connectivity index (χ3v) is 5.16. The Morgan fingerprint density at radius 3 is 2.67 bits per heavy atom. The molecule has 0 bridgehead atoms. The van der Waals surface area contributed by atoms with E-state index in [2.05, 4.69) is 57.8 Å². The molecule has 0 saturated carbocycles. The minimum Gasteiger partial charge on any atom is -0.359 e. The Bertz CT molecular complexity index is 902. The molecule has 0 saturated heterocycles. The normalized spacial score (nSPS) is 14.0. The number of nitrogens with one attached hydrogen (secondary N) is 1. The molecule has 5 nitrogen and oxygen atoms in total. The number of rotatable bonds is 6. The van der Waals surface area contributed by atoms with Crippen LogP contribution in [-0.4, -0.2) is 28.3 Å². The first-order valence-corrected chi connectivity index (χ1v) is 9.38. The zero-order chi connectivity index (χ0) is 18.6. The van der Waals surface area contributed by atoms with Gasteiger partial charge in [-0.15, -0.1) is 0 Å². The molecule has 2 aromatic carbocycles. The Morgan fingerprint density at radius 2 is 1.89 bits per heavy atom. The predicted molar refractivity (Wildman–Crippen MR) is 107 cm³/mol. The maximum absolute atomic E-state index is 12.6. The second-order valence-corrected chi connectivity index (χ2v) is 6.99. The number of hydrogen-bond donors (Lipinski definition) is 1. The van der Waals surface area contributed by atoms with Crippen LogP contribution < -0.4 is 10.2 Å². The molecule has 4 rings (SSSR count). The second-order valence-electron chi connectivity index (χ2n) is 6.99. The van der Waals surface area contributed by atoms with Crippen molar-refractivity contribution in [1.29, 1.82) is 0 Å². The number of fused-ring (bicyclic) bond motifs is 1. The molecule has 1 N–H and O–H groups in total. The molecule has 3 aromatic rings. The lowest BCUT2D eigenvalue weighted by atomic mass is 10.1. The van der Waals surface area contributed by atoms with E-state index >= 15 is 0 Å². The molecule has 0 radical (unpaired) electrons. The summed E-state index contributed by atoms with van der Waals surface area (Å²) in [7, 11) is 0. The van der Waals surface area contributed by atoms with Gasteiger partial charge in [0.25, 0.3) is 0 Å². The third kappa shape index (κ3) is 3.87. The van der Waals surface area contributed by atoms with Crippen molar-refractivity contribution in [2.45, 2.75) is 32.5 Å². The molecular formula is C22H24N4O. The molecular weight excluding hydrogens is 336 g/mol. The van der Waals surface area contributed by atoms with E-state index in [0.717, 1.165) is 25.1 Å². The molecule has 27 heavy (non-hydrogen) atoms. The smallest absolute Gasteiger partial charge is 0.242 e. The minimum atomic E-state index is -0.173. The van der Waals surface area contributed by atoms with Crippen LogP contribution in [0.5, 0.6) is 0 Å². The number of amides is 1. The summed E-state index contributed by atoms with van der Waals surface area (Å²) >= 11 is 0. The van der Waals surface area contributed by atoms with Crippen LogP contribution in [0.3, 0.4) is 0 Å². The van der Waals surface area contributed by atoms with Crippen molar-refractivity contribution in [3.63, 3.8) is 0 Å². The summed E-state index contributed by atoms with van der Waals surface area (Å²) in [4.78, 5) is 14.8. The van der Waals surface area contributed by atoms with E-state index in [1.807, 2.05) is 29.9 Å². The highest BCUT2D eigenvalue weighted by molar-refractivity contribution is 5.85. The van der Waals surface area contributed by atoms with E-state index < -0.39 is 0 Å². The van der Waals surface area contributed by atoms with E-state index in [1.165, 1.54) is 16.8 Å². The molecule has 2 heterocycles. The number of para-hydroxylation sites is 1. The number of aromatic nitrogens is 2. The quantitative estimate of drug-likeness (QED) is 0.735. The first kappa shape index (κ1) is 17.3. The van der Waals surface area contributed by atoms with Crippen molar-refractivity contribution < 1.29 is 4.79 Å². The van der Waals surface area contributed by atoms with Crippen molar-refractivity contribution in [2.24, 2.45) is 0 Å². The lowest BCUT2D eigenvalue weighted by molar-refractivity contribution is -0.122. The Labute approximate surface area is 159 Å². The molecule has 1 aliphatic heterocycles. The van der Waals surface area contributed by atoms with Crippen molar-refractivity contribution in [2.75, 3.05) is 11.4 Å². The van der Waals surface area contributed by atoms with E-state index in [-0.39, 0.29) is 11.9 Å². The maximum atomic E-state index is 12.6. The Balaban J connectivity index is 1.32. The van der Waals surface area contributed by atoms with E-state index in [9.17, 15) is 4.79 Å². The molecule has 1 unspecified atom stereocenters. The molecule has 0 aliphatic carbocycles. The van der Waals surface area contributed by atoms with Gasteiger partial charge in [-0.25, -0.2) is 0 Å². The van der Waals surface area contributed by atoms with Gasteiger partial charge in [0.1, 0.15) is 6.04 Å². The molecule has 0 fully saturated rings. The fourth-order valence-corrected chi connectivity index (χ4v) is 3.59. The lowest BCUT2D eigenvalue weighted by Gasteiger charge is -2.26. The number of carbonyl (C=O) groups excluding carboxylic acids is 1. The summed E-state index contributed by atoms with van der Waals surface area (Å²) in [5.41, 5.74) is 4.80. The number of carbonyl (C=O) groups is 1. The zero-order valence-corrected chi connectivity index (χ0v) is 15.5. The van der Waals surface area contributed by atoms with Crippen molar-refractivity contribution >= 4 is 11.6 Å². The highest BCUT2D eigenvalue weighted by Gasteiger charge is 2.27. The standard InChI is InChI=1S/C22H24N4O/c1-17(26-14-11-20-5-2-3-6-21(20)26)22(27)23-15-18-7-9-19(10-8-18)16-25-13-4-12-24-25/h2-10,12-13,17H,11,14-16H2,1H3,(H,23,27). The van der Waals surface area contributed by atoms with Gasteiger partial charge in [0.2, 0.25) is 5.91 Å². The van der Waals surface area contributed by atoms with Crippen LogP contribution in [0.4, 0.5) is 5.69 Å². The molecule has 138 valence electrons. The molecule has 5 heteroatoms. The van der Waals surface area contributed by atoms with Gasteiger partial charge in [-0.3, -0.25) is 9.48 Å². The Hall–Kier alpha value is -3.08. The summed E-state index contributed by atoms with van der Waals surface area (Å²) in [5.74, 6) is 0.0623. The lowest BCUT2D eigenvalue weighted by Crippen LogP contribution is -2.44. The summed E-state index contributed by atoms with van der Waals surface area (Å²) in [6, 6.07) is 18.4. The zero-order valence-electron chi connectivity index (χ0n) is 15.5. The summed E-state index contributed by atoms with van der Waals surface area (Å²) in [6.07, 6.45) is 4.74. The second kappa shape index (κ2) is 7.66. The van der Waals surface area contributed by atoms with Crippen molar-refractivity contribution in [3.05, 3.63) is 83.7 Å². The first-order chi connectivity index (χ1) is 13.2. The summed E-state index contributed by atoms with van der Waals surface area (Å²) in [6.45, 7) is 4.17. The van der Waals surface area contributed by atoms with E-state index in [0.29, 0.717) is 6.54 Å². The van der Waals surface area contributed by atoms with Crippen LogP contribution in [0.15, 0.2) is 67.0 Å². The van der Waals surface area contributed by atoms with Crippen LogP contribution in [0.1, 0.15) is 23.6 Å². The number of benzene rings is 2. The largest absolute Gasteiger partial charge is 0.359 e. The van der Waals surface area contributed by atoms with Gasteiger partial charge >= 0.3 is 0 Å². The molecule has 0 spiro atoms. The van der Waals surface area contributed by atoms with Gasteiger partial charge in [-0.1, -0.05) is 42.5 Å². The average molecular weight is 360 g/mol. The van der Waals surface area contributed by atoms with Crippen LogP contribution >= 0.6 is 0 Å². The first-order valence-electron chi connectivity index (χ1n) is 9.38. The maximum Gasteiger partial charge on any atom is 0.242 e. The molecule has 1 aromatic heterocycles. The Kier molecular flexibility index (Phi) is 4.92. The topological polar surface area (TPSA) is 50.2 Å². The monoisotopic (exact) mass is 360 g/mol. The van der Waals surface area contributed by atoms with Gasteiger partial charge in [-0.2, -0.15) is 5.10 Å². The number of hydrogen-bond acceptors (Lipinski definition) is 3. The van der Waals surface area contributed by atoms with Crippen LogP contribution in [0, 0.1) is 0 Å². The van der Waals surface area contributed by atoms with Gasteiger partial charge in [-0.05, 0) is 42.2 Å². The average Bonchev–Trinajstić information content (AvgIpc) is 3.36. The van der Waals surface area contributed by atoms with Gasteiger partial charge in [0.15, 0.2) is 0 Å². The molecule has 1 aliphatic rings. The summed E-state index contributed by atoms with van der Waals surface area (Å²) in [5, 5.41) is 7.29. The molecule has 1 atom stereocenters. The highest BCUT2D eigenvalue weighted by Crippen LogP contribution is 2.29. The minimum absolute atomic E-state index is 0.0623. The fourth-order valence-electron chi connectivity index (χ4n) is 3.59. The number of anilines is 1. The highest BCUT2D eigenvalue weighted by atomic mass is 16.2. The van der Waals surface area contributed by atoms with Crippen molar-refractivity contribution in [3.8, 4) is 0 Å². The van der Waals surface area contributed by atoms with Crippen LogP contribution in [-0.2, 0) is 24.3 Å². The Morgan fingerprint density at radius 1 is 1.11 bits per heavy atom. The van der Waals surface area contributed by atoms with Gasteiger partial charge in [0.05, 0.1) is 6.54 Å². The summed E-state index contributed by atoms with van der Waals surface area (Å²) < 4.78 is 1.90. The molecule has 1 amide bonds.